The Hall–Kier alpha value is -0.0900. The summed E-state index contributed by atoms with van der Waals surface area (Å²) in [7, 11) is 0. The minimum Gasteiger partial charge on any atom is -0.207 e. The highest BCUT2D eigenvalue weighted by Crippen LogP contribution is 2.35. The van der Waals surface area contributed by atoms with Crippen LogP contribution in [0.15, 0.2) is 42.5 Å². The van der Waals surface area contributed by atoms with Crippen LogP contribution in [0.2, 0.25) is 10.0 Å². The van der Waals surface area contributed by atoms with Gasteiger partial charge >= 0.3 is 0 Å². The Morgan fingerprint density at radius 1 is 0.952 bits per heavy atom. The first kappa shape index (κ1) is 17.3. The van der Waals surface area contributed by atoms with Gasteiger partial charge in [0.25, 0.3) is 0 Å². The third-order valence-corrected chi connectivity index (χ3v) is 6.25. The largest absolute Gasteiger partial charge is 0.207 e. The van der Waals surface area contributed by atoms with Crippen LogP contribution in [0.25, 0.3) is 0 Å². The first-order valence-corrected chi connectivity index (χ1v) is 9.32. The highest BCUT2D eigenvalue weighted by Gasteiger charge is 2.31. The van der Waals surface area contributed by atoms with E-state index < -0.39 is 0 Å². The molecule has 2 rings (SSSR count). The minimum absolute atomic E-state index is 0.203. The van der Waals surface area contributed by atoms with Crippen LogP contribution in [0.1, 0.15) is 11.1 Å². The van der Waals surface area contributed by atoms with Gasteiger partial charge < -0.3 is 0 Å². The van der Waals surface area contributed by atoms with Gasteiger partial charge in [-0.05, 0) is 41.8 Å². The Bertz CT molecular complexity index is 610. The lowest BCUT2D eigenvalue weighted by atomic mass is 9.79. The molecule has 2 aromatic rings. The van der Waals surface area contributed by atoms with E-state index in [-0.39, 0.29) is 11.2 Å². The Balaban J connectivity index is 2.40. The molecular weight excluding hydrogens is 442 g/mol. The first-order valence-electron chi connectivity index (χ1n) is 6.33. The van der Waals surface area contributed by atoms with Crippen LogP contribution >= 0.6 is 55.1 Å². The fourth-order valence-corrected chi connectivity index (χ4v) is 4.67. The topological polar surface area (TPSA) is 0 Å². The van der Waals surface area contributed by atoms with Crippen molar-refractivity contribution < 1.29 is 4.39 Å². The van der Waals surface area contributed by atoms with Gasteiger partial charge in [-0.2, -0.15) is 0 Å². The number of benzene rings is 2. The standard InChI is InChI=1S/C16H13Br2Cl2F/c17-9-16(10-18,12-2-5-14(21)6-3-12)8-11-1-4-13(19)7-15(11)20/h1-7H,8-10H2. The van der Waals surface area contributed by atoms with Crippen molar-refractivity contribution in [1.82, 2.24) is 0 Å². The van der Waals surface area contributed by atoms with Gasteiger partial charge in [0.2, 0.25) is 0 Å². The molecule has 0 bridgehead atoms. The molecule has 0 amide bonds. The second-order valence-electron chi connectivity index (χ2n) is 4.97. The van der Waals surface area contributed by atoms with Crippen molar-refractivity contribution in [1.29, 1.82) is 0 Å². The lowest BCUT2D eigenvalue weighted by Gasteiger charge is -2.31. The van der Waals surface area contributed by atoms with Crippen LogP contribution in [-0.4, -0.2) is 10.7 Å². The number of halogens is 5. The second kappa shape index (κ2) is 7.45. The summed E-state index contributed by atoms with van der Waals surface area (Å²) >= 11 is 19.4. The summed E-state index contributed by atoms with van der Waals surface area (Å²) in [5.74, 6) is -0.235. The molecular formula is C16H13Br2Cl2F. The van der Waals surface area contributed by atoms with E-state index in [0.29, 0.717) is 10.0 Å². The molecule has 0 heterocycles. The molecule has 0 unspecified atom stereocenters. The second-order valence-corrected chi connectivity index (χ2v) is 6.93. The zero-order valence-corrected chi connectivity index (χ0v) is 15.7. The van der Waals surface area contributed by atoms with E-state index in [1.165, 1.54) is 12.1 Å². The summed E-state index contributed by atoms with van der Waals surface area (Å²) in [6, 6.07) is 12.1. The summed E-state index contributed by atoms with van der Waals surface area (Å²) in [5.41, 5.74) is 1.87. The zero-order valence-electron chi connectivity index (χ0n) is 11.1. The number of hydrogen-bond acceptors (Lipinski definition) is 0. The van der Waals surface area contributed by atoms with Crippen molar-refractivity contribution in [3.8, 4) is 0 Å². The van der Waals surface area contributed by atoms with Crippen molar-refractivity contribution in [2.75, 3.05) is 10.7 Å². The van der Waals surface area contributed by atoms with Gasteiger partial charge in [0, 0.05) is 26.1 Å². The van der Waals surface area contributed by atoms with Gasteiger partial charge in [-0.25, -0.2) is 4.39 Å². The van der Waals surface area contributed by atoms with Gasteiger partial charge in [-0.3, -0.25) is 0 Å². The Morgan fingerprint density at radius 3 is 2.10 bits per heavy atom. The third kappa shape index (κ3) is 4.01. The normalized spacial score (nSPS) is 11.7. The molecule has 21 heavy (non-hydrogen) atoms. The van der Waals surface area contributed by atoms with E-state index in [1.54, 1.807) is 6.07 Å². The van der Waals surface area contributed by atoms with Gasteiger partial charge in [0.1, 0.15) is 5.82 Å². The van der Waals surface area contributed by atoms with Gasteiger partial charge in [-0.15, -0.1) is 0 Å². The fourth-order valence-electron chi connectivity index (χ4n) is 2.22. The van der Waals surface area contributed by atoms with E-state index in [9.17, 15) is 4.39 Å². The molecule has 0 saturated heterocycles. The summed E-state index contributed by atoms with van der Waals surface area (Å²) in [6.07, 6.45) is 0.727. The number of alkyl halides is 2. The van der Waals surface area contributed by atoms with Crippen molar-refractivity contribution >= 4 is 55.1 Å². The van der Waals surface area contributed by atoms with Gasteiger partial charge in [0.15, 0.2) is 0 Å². The SMILES string of the molecule is Fc1ccc(C(CBr)(CBr)Cc2ccc(Cl)cc2Cl)cc1. The Morgan fingerprint density at radius 2 is 1.57 bits per heavy atom. The highest BCUT2D eigenvalue weighted by molar-refractivity contribution is 9.09. The van der Waals surface area contributed by atoms with Crippen molar-refractivity contribution in [3.05, 3.63) is 69.5 Å². The van der Waals surface area contributed by atoms with Gasteiger partial charge in [0.05, 0.1) is 0 Å². The van der Waals surface area contributed by atoms with Crippen LogP contribution in [-0.2, 0) is 11.8 Å². The maximum atomic E-state index is 13.2. The molecule has 5 heteroatoms. The molecule has 112 valence electrons. The Labute approximate surface area is 150 Å². The summed E-state index contributed by atoms with van der Waals surface area (Å²) in [5, 5.41) is 2.73. The van der Waals surface area contributed by atoms with E-state index in [0.717, 1.165) is 28.2 Å². The average Bonchev–Trinajstić information content (AvgIpc) is 2.48. The van der Waals surface area contributed by atoms with Crippen molar-refractivity contribution in [2.24, 2.45) is 0 Å². The van der Waals surface area contributed by atoms with E-state index in [2.05, 4.69) is 31.9 Å². The highest BCUT2D eigenvalue weighted by atomic mass is 79.9. The molecule has 0 saturated carbocycles. The molecule has 0 radical (unpaired) electrons. The van der Waals surface area contributed by atoms with E-state index in [1.807, 2.05) is 24.3 Å². The molecule has 0 nitrogen and oxygen atoms in total. The molecule has 0 aromatic heterocycles. The van der Waals surface area contributed by atoms with Crippen LogP contribution < -0.4 is 0 Å². The number of rotatable bonds is 5. The van der Waals surface area contributed by atoms with E-state index >= 15 is 0 Å². The Kier molecular flexibility index (Phi) is 6.13. The predicted molar refractivity (Wildman–Crippen MR) is 95.8 cm³/mol. The first-order chi connectivity index (χ1) is 10.0. The van der Waals surface area contributed by atoms with Gasteiger partial charge in [-0.1, -0.05) is 73.3 Å². The number of hydrogen-bond donors (Lipinski definition) is 0. The van der Waals surface area contributed by atoms with Crippen molar-refractivity contribution in [2.45, 2.75) is 11.8 Å². The fraction of sp³-hybridized carbons (Fsp3) is 0.250. The smallest absolute Gasteiger partial charge is 0.123 e. The zero-order chi connectivity index (χ0) is 15.5. The van der Waals surface area contributed by atoms with Crippen LogP contribution in [0, 0.1) is 5.82 Å². The summed E-state index contributed by atoms with van der Waals surface area (Å²) in [6.45, 7) is 0. The molecule has 2 aromatic carbocycles. The molecule has 0 spiro atoms. The molecule has 0 aliphatic carbocycles. The molecule has 0 aliphatic heterocycles. The lowest BCUT2D eigenvalue weighted by Crippen LogP contribution is -2.33. The van der Waals surface area contributed by atoms with Crippen LogP contribution in [0.5, 0.6) is 0 Å². The maximum absolute atomic E-state index is 13.2. The molecule has 0 atom stereocenters. The predicted octanol–water partition coefficient (Wildman–Crippen LogP) is 6.40. The maximum Gasteiger partial charge on any atom is 0.123 e. The van der Waals surface area contributed by atoms with Crippen molar-refractivity contribution in [3.63, 3.8) is 0 Å². The van der Waals surface area contributed by atoms with Crippen LogP contribution in [0.4, 0.5) is 4.39 Å². The van der Waals surface area contributed by atoms with Crippen LogP contribution in [0.3, 0.4) is 0 Å². The lowest BCUT2D eigenvalue weighted by molar-refractivity contribution is 0.548. The van der Waals surface area contributed by atoms with E-state index in [4.69, 9.17) is 23.2 Å². The molecule has 0 N–H and O–H groups in total. The quantitative estimate of drug-likeness (QED) is 0.458. The summed E-state index contributed by atoms with van der Waals surface area (Å²) in [4.78, 5) is 0. The third-order valence-electron chi connectivity index (χ3n) is 3.51. The minimum atomic E-state index is -0.235. The molecule has 0 aliphatic rings. The summed E-state index contributed by atoms with van der Waals surface area (Å²) < 4.78 is 13.2. The monoisotopic (exact) mass is 452 g/mol. The average molecular weight is 455 g/mol. The molecule has 0 fully saturated rings.